The van der Waals surface area contributed by atoms with E-state index < -0.39 is 0 Å². The Morgan fingerprint density at radius 2 is 1.89 bits per heavy atom. The zero-order valence-corrected chi connectivity index (χ0v) is 11.3. The highest BCUT2D eigenvalue weighted by molar-refractivity contribution is 5.99. The molecule has 3 rings (SSSR count). The summed E-state index contributed by atoms with van der Waals surface area (Å²) in [6, 6.07) is 2.78. The lowest BCUT2D eigenvalue weighted by molar-refractivity contribution is 0.0894. The van der Waals surface area contributed by atoms with Gasteiger partial charge in [-0.1, -0.05) is 0 Å². The first-order chi connectivity index (χ1) is 8.68. The third-order valence-electron chi connectivity index (χ3n) is 4.37. The minimum Gasteiger partial charge on any atom is -0.345 e. The molecule has 0 amide bonds. The van der Waals surface area contributed by atoms with E-state index in [9.17, 15) is 4.79 Å². The highest BCUT2D eigenvalue weighted by Gasteiger charge is 2.30. The lowest BCUT2D eigenvalue weighted by Crippen LogP contribution is -2.32. The standard InChI is InChI=1S/C15H22N2O/c1-10-9-14(11(2)17(10)13-3-4-13)15(18)12-5-7-16-8-6-12/h9,12-13,16H,3-8H2,1-2H3. The Kier molecular flexibility index (Phi) is 3.02. The largest absolute Gasteiger partial charge is 0.345 e. The van der Waals surface area contributed by atoms with E-state index in [0.717, 1.165) is 31.5 Å². The van der Waals surface area contributed by atoms with Crippen LogP contribution in [0.25, 0.3) is 0 Å². The minimum absolute atomic E-state index is 0.236. The van der Waals surface area contributed by atoms with Gasteiger partial charge in [0.15, 0.2) is 5.78 Å². The van der Waals surface area contributed by atoms with Crippen molar-refractivity contribution in [1.29, 1.82) is 0 Å². The Morgan fingerprint density at radius 1 is 1.22 bits per heavy atom. The maximum absolute atomic E-state index is 12.6. The number of rotatable bonds is 3. The second-order valence-electron chi connectivity index (χ2n) is 5.77. The summed E-state index contributed by atoms with van der Waals surface area (Å²) in [5.74, 6) is 0.607. The van der Waals surface area contributed by atoms with Crippen molar-refractivity contribution < 1.29 is 4.79 Å². The van der Waals surface area contributed by atoms with Gasteiger partial charge in [0.05, 0.1) is 0 Å². The van der Waals surface area contributed by atoms with Crippen molar-refractivity contribution in [3.8, 4) is 0 Å². The van der Waals surface area contributed by atoms with Crippen LogP contribution in [-0.4, -0.2) is 23.4 Å². The second-order valence-corrected chi connectivity index (χ2v) is 5.77. The van der Waals surface area contributed by atoms with E-state index >= 15 is 0 Å². The van der Waals surface area contributed by atoms with Crippen LogP contribution < -0.4 is 5.32 Å². The Bertz CT molecular complexity index is 465. The van der Waals surface area contributed by atoms with Crippen LogP contribution in [0.5, 0.6) is 0 Å². The average Bonchev–Trinajstić information content (AvgIpc) is 3.16. The summed E-state index contributed by atoms with van der Waals surface area (Å²) in [6.07, 6.45) is 4.53. The molecule has 2 aliphatic rings. The van der Waals surface area contributed by atoms with Crippen molar-refractivity contribution in [2.75, 3.05) is 13.1 Å². The molecule has 3 heteroatoms. The lowest BCUT2D eigenvalue weighted by atomic mass is 9.89. The van der Waals surface area contributed by atoms with E-state index in [4.69, 9.17) is 0 Å². The van der Waals surface area contributed by atoms with Crippen molar-refractivity contribution in [3.05, 3.63) is 23.0 Å². The van der Waals surface area contributed by atoms with Crippen molar-refractivity contribution in [2.45, 2.75) is 45.6 Å². The summed E-state index contributed by atoms with van der Waals surface area (Å²) >= 11 is 0. The average molecular weight is 246 g/mol. The maximum Gasteiger partial charge on any atom is 0.167 e. The summed E-state index contributed by atoms with van der Waals surface area (Å²) in [5, 5.41) is 3.32. The molecule has 98 valence electrons. The number of carbonyl (C=O) groups is 1. The van der Waals surface area contributed by atoms with Gasteiger partial charge in [-0.3, -0.25) is 4.79 Å². The number of hydrogen-bond acceptors (Lipinski definition) is 2. The van der Waals surface area contributed by atoms with Gasteiger partial charge < -0.3 is 9.88 Å². The molecule has 0 atom stereocenters. The molecule has 1 aromatic rings. The van der Waals surface area contributed by atoms with Crippen molar-refractivity contribution in [2.24, 2.45) is 5.92 Å². The highest BCUT2D eigenvalue weighted by atomic mass is 16.1. The topological polar surface area (TPSA) is 34.0 Å². The Balaban J connectivity index is 1.87. The molecule has 1 aliphatic heterocycles. The zero-order valence-electron chi connectivity index (χ0n) is 11.3. The molecule has 1 saturated heterocycles. The lowest BCUT2D eigenvalue weighted by Gasteiger charge is -2.21. The molecule has 2 fully saturated rings. The van der Waals surface area contributed by atoms with Crippen LogP contribution in [-0.2, 0) is 0 Å². The van der Waals surface area contributed by atoms with E-state index in [-0.39, 0.29) is 5.92 Å². The normalized spacial score (nSPS) is 21.2. The predicted octanol–water partition coefficient (Wildman–Crippen LogP) is 2.62. The van der Waals surface area contributed by atoms with Gasteiger partial charge in [0.2, 0.25) is 0 Å². The molecule has 1 aromatic heterocycles. The molecule has 1 N–H and O–H groups in total. The van der Waals surface area contributed by atoms with E-state index in [1.54, 1.807) is 0 Å². The van der Waals surface area contributed by atoms with Crippen molar-refractivity contribution in [1.82, 2.24) is 9.88 Å². The fourth-order valence-corrected chi connectivity index (χ4v) is 3.23. The molecule has 0 aromatic carbocycles. The number of ketones is 1. The first-order valence-corrected chi connectivity index (χ1v) is 7.12. The summed E-state index contributed by atoms with van der Waals surface area (Å²) in [6.45, 7) is 6.21. The van der Waals surface area contributed by atoms with E-state index in [1.165, 1.54) is 24.2 Å². The molecule has 3 nitrogen and oxygen atoms in total. The van der Waals surface area contributed by atoms with Crippen LogP contribution in [0.2, 0.25) is 0 Å². The number of carbonyl (C=O) groups excluding carboxylic acids is 1. The Hall–Kier alpha value is -1.09. The number of hydrogen-bond donors (Lipinski definition) is 1. The first-order valence-electron chi connectivity index (χ1n) is 7.12. The van der Waals surface area contributed by atoms with E-state index in [0.29, 0.717) is 11.8 Å². The van der Waals surface area contributed by atoms with Crippen LogP contribution in [0.3, 0.4) is 0 Å². The third-order valence-corrected chi connectivity index (χ3v) is 4.37. The highest BCUT2D eigenvalue weighted by Crippen LogP contribution is 2.38. The number of aryl methyl sites for hydroxylation is 1. The minimum atomic E-state index is 0.236. The van der Waals surface area contributed by atoms with Crippen LogP contribution in [0.4, 0.5) is 0 Å². The smallest absolute Gasteiger partial charge is 0.167 e. The third kappa shape index (κ3) is 2.01. The molecule has 2 heterocycles. The Morgan fingerprint density at radius 3 is 2.50 bits per heavy atom. The van der Waals surface area contributed by atoms with E-state index in [2.05, 4.69) is 29.8 Å². The first kappa shape index (κ1) is 12.0. The maximum atomic E-state index is 12.6. The second kappa shape index (κ2) is 4.54. The number of piperidine rings is 1. The SMILES string of the molecule is Cc1cc(C(=O)C2CCNCC2)c(C)n1C1CC1. The molecular weight excluding hydrogens is 224 g/mol. The monoisotopic (exact) mass is 246 g/mol. The van der Waals surface area contributed by atoms with Gasteiger partial charge in [-0.15, -0.1) is 0 Å². The number of nitrogens with zero attached hydrogens (tertiary/aromatic N) is 1. The molecule has 0 bridgehead atoms. The van der Waals surface area contributed by atoms with Gasteiger partial charge in [0.25, 0.3) is 0 Å². The van der Waals surface area contributed by atoms with Crippen molar-refractivity contribution in [3.63, 3.8) is 0 Å². The molecule has 1 saturated carbocycles. The molecule has 1 aliphatic carbocycles. The molecule has 0 spiro atoms. The predicted molar refractivity (Wildman–Crippen MR) is 72.1 cm³/mol. The van der Waals surface area contributed by atoms with Gasteiger partial charge in [-0.2, -0.15) is 0 Å². The number of nitrogens with one attached hydrogen (secondary N) is 1. The van der Waals surface area contributed by atoms with Gasteiger partial charge in [0, 0.05) is 28.9 Å². The van der Waals surface area contributed by atoms with Gasteiger partial charge in [-0.25, -0.2) is 0 Å². The van der Waals surface area contributed by atoms with Crippen LogP contribution in [0, 0.1) is 19.8 Å². The summed E-state index contributed by atoms with van der Waals surface area (Å²) < 4.78 is 2.37. The van der Waals surface area contributed by atoms with Crippen LogP contribution >= 0.6 is 0 Å². The van der Waals surface area contributed by atoms with Gasteiger partial charge >= 0.3 is 0 Å². The fourth-order valence-electron chi connectivity index (χ4n) is 3.23. The van der Waals surface area contributed by atoms with Gasteiger partial charge in [-0.05, 0) is 58.7 Å². The summed E-state index contributed by atoms with van der Waals surface area (Å²) in [4.78, 5) is 12.6. The number of aromatic nitrogens is 1. The quantitative estimate of drug-likeness (QED) is 0.832. The van der Waals surface area contributed by atoms with Gasteiger partial charge in [0.1, 0.15) is 0 Å². The molecular formula is C15H22N2O. The zero-order chi connectivity index (χ0) is 12.7. The summed E-state index contributed by atoms with van der Waals surface area (Å²) in [5.41, 5.74) is 3.43. The van der Waals surface area contributed by atoms with E-state index in [1.807, 2.05) is 0 Å². The van der Waals surface area contributed by atoms with Crippen LogP contribution in [0.15, 0.2) is 6.07 Å². The Labute approximate surface area is 109 Å². The molecule has 0 radical (unpaired) electrons. The molecule has 0 unspecified atom stereocenters. The fraction of sp³-hybridized carbons (Fsp3) is 0.667. The number of Topliss-reactive ketones (excluding diaryl/α,β-unsaturated/α-hetero) is 1. The summed E-state index contributed by atoms with van der Waals surface area (Å²) in [7, 11) is 0. The molecule has 18 heavy (non-hydrogen) atoms. The van der Waals surface area contributed by atoms with Crippen LogP contribution in [0.1, 0.15) is 53.5 Å². The van der Waals surface area contributed by atoms with Crippen molar-refractivity contribution >= 4 is 5.78 Å².